The van der Waals surface area contributed by atoms with E-state index in [-0.39, 0.29) is 5.57 Å². The third-order valence-corrected chi connectivity index (χ3v) is 5.52. The van der Waals surface area contributed by atoms with Crippen molar-refractivity contribution in [2.45, 2.75) is 6.42 Å². The molecule has 4 nitrogen and oxygen atoms in total. The third kappa shape index (κ3) is 4.86. The van der Waals surface area contributed by atoms with E-state index in [9.17, 15) is 10.1 Å². The topological polar surface area (TPSA) is 65.8 Å². The summed E-state index contributed by atoms with van der Waals surface area (Å²) < 4.78 is 1.04. The van der Waals surface area contributed by atoms with Crippen molar-refractivity contribution in [2.24, 2.45) is 0 Å². The highest BCUT2D eigenvalue weighted by atomic mass is 79.9. The van der Waals surface area contributed by atoms with Crippen LogP contribution in [0.15, 0.2) is 58.0 Å². The molecule has 0 aliphatic heterocycles. The van der Waals surface area contributed by atoms with E-state index in [2.05, 4.69) is 26.2 Å². The van der Waals surface area contributed by atoms with Crippen molar-refractivity contribution in [3.63, 3.8) is 0 Å². The summed E-state index contributed by atoms with van der Waals surface area (Å²) >= 11 is 6.30. The van der Waals surface area contributed by atoms with Crippen LogP contribution >= 0.6 is 38.6 Å². The Morgan fingerprint density at radius 3 is 2.80 bits per heavy atom. The second-order valence-electron chi connectivity index (χ2n) is 5.07. The van der Waals surface area contributed by atoms with Gasteiger partial charge in [0.05, 0.1) is 0 Å². The number of carbonyl (C=O) groups is 1. The van der Waals surface area contributed by atoms with E-state index in [0.29, 0.717) is 5.13 Å². The van der Waals surface area contributed by atoms with Gasteiger partial charge >= 0.3 is 0 Å². The first-order valence-corrected chi connectivity index (χ1v) is 9.79. The number of amides is 1. The average Bonchev–Trinajstić information content (AvgIpc) is 3.26. The standard InChI is InChI=1S/C18H12BrN3OS2/c19-14-5-3-12(4-6-14)8-16-11-21-18(25-16)22-17(23)13(10-20)9-15-2-1-7-24-15/h1-7,9,11H,8H2,(H,21,22,23)/b13-9-. The number of rotatable bonds is 5. The van der Waals surface area contributed by atoms with Crippen LogP contribution in [-0.4, -0.2) is 10.9 Å². The maximum atomic E-state index is 12.2. The largest absolute Gasteiger partial charge is 0.297 e. The molecule has 0 radical (unpaired) electrons. The Kier molecular flexibility index (Phi) is 5.76. The van der Waals surface area contributed by atoms with Gasteiger partial charge in [-0.25, -0.2) is 4.98 Å². The number of hydrogen-bond acceptors (Lipinski definition) is 5. The van der Waals surface area contributed by atoms with Crippen molar-refractivity contribution >= 4 is 55.7 Å². The number of nitriles is 1. The molecule has 0 aliphatic rings. The number of aromatic nitrogens is 1. The monoisotopic (exact) mass is 429 g/mol. The van der Waals surface area contributed by atoms with E-state index in [1.165, 1.54) is 28.2 Å². The summed E-state index contributed by atoms with van der Waals surface area (Å²) in [6, 6.07) is 13.7. The van der Waals surface area contributed by atoms with Gasteiger partial charge < -0.3 is 0 Å². The number of thiazole rings is 1. The number of nitrogens with zero attached hydrogens (tertiary/aromatic N) is 2. The highest BCUT2D eigenvalue weighted by Gasteiger charge is 2.12. The Morgan fingerprint density at radius 1 is 1.32 bits per heavy atom. The van der Waals surface area contributed by atoms with Crippen molar-refractivity contribution in [2.75, 3.05) is 5.32 Å². The van der Waals surface area contributed by atoms with Crippen LogP contribution in [0.5, 0.6) is 0 Å². The van der Waals surface area contributed by atoms with E-state index >= 15 is 0 Å². The van der Waals surface area contributed by atoms with Gasteiger partial charge in [-0.15, -0.1) is 22.7 Å². The molecular formula is C18H12BrN3OS2. The van der Waals surface area contributed by atoms with E-state index < -0.39 is 5.91 Å². The van der Waals surface area contributed by atoms with Crippen LogP contribution in [0.3, 0.4) is 0 Å². The molecule has 0 spiro atoms. The first-order valence-electron chi connectivity index (χ1n) is 7.30. The van der Waals surface area contributed by atoms with Crippen molar-refractivity contribution in [1.29, 1.82) is 5.26 Å². The van der Waals surface area contributed by atoms with Gasteiger partial charge in [0.15, 0.2) is 5.13 Å². The van der Waals surface area contributed by atoms with Crippen LogP contribution in [0.1, 0.15) is 15.3 Å². The molecule has 0 saturated carbocycles. The second-order valence-corrected chi connectivity index (χ2v) is 8.08. The summed E-state index contributed by atoms with van der Waals surface area (Å²) in [4.78, 5) is 18.4. The molecular weight excluding hydrogens is 418 g/mol. The van der Waals surface area contributed by atoms with Gasteiger partial charge in [0.2, 0.25) is 0 Å². The summed E-state index contributed by atoms with van der Waals surface area (Å²) in [5.41, 5.74) is 1.23. The molecule has 0 fully saturated rings. The summed E-state index contributed by atoms with van der Waals surface area (Å²) in [5.74, 6) is -0.444. The molecule has 2 aromatic heterocycles. The van der Waals surface area contributed by atoms with E-state index in [1.807, 2.05) is 47.8 Å². The zero-order chi connectivity index (χ0) is 17.6. The Labute approximate surface area is 161 Å². The van der Waals surface area contributed by atoms with E-state index in [4.69, 9.17) is 0 Å². The van der Waals surface area contributed by atoms with Crippen molar-refractivity contribution in [3.8, 4) is 6.07 Å². The van der Waals surface area contributed by atoms with E-state index in [1.54, 1.807) is 12.3 Å². The van der Waals surface area contributed by atoms with Crippen molar-refractivity contribution in [1.82, 2.24) is 4.98 Å². The number of anilines is 1. The van der Waals surface area contributed by atoms with Crippen molar-refractivity contribution in [3.05, 3.63) is 73.3 Å². The number of carbonyl (C=O) groups excluding carboxylic acids is 1. The van der Waals surface area contributed by atoms with Gasteiger partial charge in [-0.1, -0.05) is 34.1 Å². The molecule has 1 aromatic carbocycles. The molecule has 1 N–H and O–H groups in total. The van der Waals surface area contributed by atoms with Crippen molar-refractivity contribution < 1.29 is 4.79 Å². The Balaban J connectivity index is 1.67. The fraction of sp³-hybridized carbons (Fsp3) is 0.0556. The van der Waals surface area contributed by atoms with Gasteiger partial charge in [-0.05, 0) is 35.2 Å². The van der Waals surface area contributed by atoms with Gasteiger partial charge in [-0.3, -0.25) is 10.1 Å². The lowest BCUT2D eigenvalue weighted by Crippen LogP contribution is -2.13. The first-order chi connectivity index (χ1) is 12.1. The summed E-state index contributed by atoms with van der Waals surface area (Å²) in [7, 11) is 0. The predicted molar refractivity (Wildman–Crippen MR) is 106 cm³/mol. The summed E-state index contributed by atoms with van der Waals surface area (Å²) in [5, 5.41) is 14.3. The summed E-state index contributed by atoms with van der Waals surface area (Å²) in [6.07, 6.45) is 4.07. The maximum Gasteiger partial charge on any atom is 0.268 e. The quantitative estimate of drug-likeness (QED) is 0.452. The molecule has 124 valence electrons. The first kappa shape index (κ1) is 17.5. The van der Waals surface area contributed by atoms with Gasteiger partial charge in [0.25, 0.3) is 5.91 Å². The lowest BCUT2D eigenvalue weighted by atomic mass is 10.1. The fourth-order valence-electron chi connectivity index (χ4n) is 2.08. The number of hydrogen-bond donors (Lipinski definition) is 1. The Bertz CT molecular complexity index is 938. The van der Waals surface area contributed by atoms with Crippen LogP contribution < -0.4 is 5.32 Å². The molecule has 3 rings (SSSR count). The zero-order valence-electron chi connectivity index (χ0n) is 12.9. The molecule has 3 aromatic rings. The van der Waals surface area contributed by atoms with Gasteiger partial charge in [-0.2, -0.15) is 5.26 Å². The normalized spacial score (nSPS) is 11.1. The molecule has 0 unspecified atom stereocenters. The van der Waals surface area contributed by atoms with Gasteiger partial charge in [0.1, 0.15) is 11.6 Å². The smallest absolute Gasteiger partial charge is 0.268 e. The molecule has 1 amide bonds. The number of thiophene rings is 1. The number of nitrogens with one attached hydrogen (secondary N) is 1. The Hall–Kier alpha value is -2.27. The van der Waals surface area contributed by atoms with Crippen LogP contribution in [0.2, 0.25) is 0 Å². The van der Waals surface area contributed by atoms with Crippen LogP contribution in [0, 0.1) is 11.3 Å². The highest BCUT2D eigenvalue weighted by molar-refractivity contribution is 9.10. The number of benzene rings is 1. The molecule has 0 bridgehead atoms. The number of halogens is 1. The lowest BCUT2D eigenvalue weighted by molar-refractivity contribution is -0.112. The van der Waals surface area contributed by atoms with Crippen LogP contribution in [0.4, 0.5) is 5.13 Å². The highest BCUT2D eigenvalue weighted by Crippen LogP contribution is 2.23. The average molecular weight is 430 g/mol. The molecule has 0 atom stereocenters. The molecule has 0 saturated heterocycles. The minimum absolute atomic E-state index is 0.0621. The SMILES string of the molecule is N#C/C(=C/c1cccs1)C(=O)Nc1ncc(Cc2ccc(Br)cc2)s1. The lowest BCUT2D eigenvalue weighted by Gasteiger charge is -2.00. The molecule has 0 aliphatic carbocycles. The molecule has 2 heterocycles. The Morgan fingerprint density at radius 2 is 2.12 bits per heavy atom. The zero-order valence-corrected chi connectivity index (χ0v) is 16.1. The maximum absolute atomic E-state index is 12.2. The molecule has 25 heavy (non-hydrogen) atoms. The third-order valence-electron chi connectivity index (χ3n) is 3.26. The molecule has 7 heteroatoms. The van der Waals surface area contributed by atoms with E-state index in [0.717, 1.165) is 20.6 Å². The minimum Gasteiger partial charge on any atom is -0.297 e. The second kappa shape index (κ2) is 8.21. The van der Waals surface area contributed by atoms with Gasteiger partial charge in [0, 0.05) is 26.8 Å². The minimum atomic E-state index is -0.444. The van der Waals surface area contributed by atoms with Crippen LogP contribution in [-0.2, 0) is 11.2 Å². The van der Waals surface area contributed by atoms with Crippen LogP contribution in [0.25, 0.3) is 6.08 Å². The summed E-state index contributed by atoms with van der Waals surface area (Å²) in [6.45, 7) is 0. The predicted octanol–water partition coefficient (Wildman–Crippen LogP) is 5.10. The fourth-order valence-corrected chi connectivity index (χ4v) is 3.84.